The van der Waals surface area contributed by atoms with Crippen molar-refractivity contribution in [3.8, 4) is 0 Å². The average molecular weight is 718 g/mol. The summed E-state index contributed by atoms with van der Waals surface area (Å²) < 4.78 is 74.3. The normalized spacial score (nSPS) is 51.7. The van der Waals surface area contributed by atoms with Gasteiger partial charge in [0.05, 0.1) is 61.0 Å². The number of rotatable bonds is 4. The summed E-state index contributed by atoms with van der Waals surface area (Å²) in [5, 5.41) is 0. The Bertz CT molecular complexity index is 1350. The molecule has 12 heteroatoms. The van der Waals surface area contributed by atoms with Crippen LogP contribution in [0.15, 0.2) is 24.3 Å². The van der Waals surface area contributed by atoms with E-state index >= 15 is 0 Å². The molecule has 9 unspecified atom stereocenters. The molecule has 0 aromatic carbocycles. The van der Waals surface area contributed by atoms with Crippen molar-refractivity contribution in [3.63, 3.8) is 0 Å². The van der Waals surface area contributed by atoms with Crippen LogP contribution in [0.25, 0.3) is 0 Å². The molecule has 10 rings (SSSR count). The second-order valence-electron chi connectivity index (χ2n) is 16.9. The minimum atomic E-state index is -1.22. The number of carbonyl (C=O) groups is 1. The van der Waals surface area contributed by atoms with E-state index in [-0.39, 0.29) is 117 Å². The fraction of sp³-hybridized carbons (Fsp3) is 0.872. The molecular formula is C39H56FNO10. The molecule has 18 atom stereocenters. The maximum absolute atomic E-state index is 14.7. The van der Waals surface area contributed by atoms with Crippen LogP contribution in [0.5, 0.6) is 0 Å². The SMILES string of the molecule is C=C1CC2CC[C@@]34C[C@H]5OC6[C@@H](OC7CC[C@H](CC(=O)CC8[C@@H](OC)C(C[C@@H](F)CN)O[C@H]8CC8OC(CCC8=C)CCC1O2)O[C@@H]7[C@@H]6O3)C5O4. The highest BCUT2D eigenvalue weighted by Crippen LogP contribution is 2.54. The Hall–Kier alpha value is -1.32. The molecule has 1 spiro atoms. The van der Waals surface area contributed by atoms with E-state index in [9.17, 15) is 9.18 Å². The van der Waals surface area contributed by atoms with Crippen molar-refractivity contribution in [3.05, 3.63) is 24.3 Å². The molecule has 0 radical (unpaired) electrons. The summed E-state index contributed by atoms with van der Waals surface area (Å²) >= 11 is 0. The lowest BCUT2D eigenvalue weighted by atomic mass is 9.83. The van der Waals surface area contributed by atoms with Crippen molar-refractivity contribution < 1.29 is 51.8 Å². The van der Waals surface area contributed by atoms with Crippen molar-refractivity contribution in [2.24, 2.45) is 11.7 Å². The lowest BCUT2D eigenvalue weighted by Crippen LogP contribution is -2.61. The predicted molar refractivity (Wildman–Crippen MR) is 181 cm³/mol. The monoisotopic (exact) mass is 717 g/mol. The van der Waals surface area contributed by atoms with Crippen molar-refractivity contribution in [1.82, 2.24) is 0 Å². The van der Waals surface area contributed by atoms with E-state index < -0.39 is 24.2 Å². The van der Waals surface area contributed by atoms with Gasteiger partial charge >= 0.3 is 0 Å². The number of fused-ring (bicyclic) bond motifs is 6. The third kappa shape index (κ3) is 6.61. The maximum atomic E-state index is 14.7. The Labute approximate surface area is 300 Å². The first-order chi connectivity index (χ1) is 24.7. The van der Waals surface area contributed by atoms with Crippen LogP contribution in [0.3, 0.4) is 0 Å². The molecule has 10 aliphatic heterocycles. The predicted octanol–water partition coefficient (Wildman–Crippen LogP) is 4.17. The fourth-order valence-electron chi connectivity index (χ4n) is 11.0. The number of ether oxygens (including phenoxy) is 9. The molecule has 0 saturated carbocycles. The quantitative estimate of drug-likeness (QED) is 0.422. The first kappa shape index (κ1) is 35.4. The zero-order chi connectivity index (χ0) is 35.0. The van der Waals surface area contributed by atoms with Crippen molar-refractivity contribution in [2.75, 3.05) is 13.7 Å². The summed E-state index contributed by atoms with van der Waals surface area (Å²) in [6, 6.07) is 0. The Morgan fingerprint density at radius 1 is 0.784 bits per heavy atom. The van der Waals surface area contributed by atoms with Gasteiger partial charge in [0.15, 0.2) is 5.79 Å². The van der Waals surface area contributed by atoms with Crippen LogP contribution in [0.2, 0.25) is 0 Å². The molecule has 51 heavy (non-hydrogen) atoms. The third-order valence-corrected chi connectivity index (χ3v) is 13.5. The molecule has 10 saturated heterocycles. The molecule has 12 bridgehead atoms. The Kier molecular flexibility index (Phi) is 9.76. The Morgan fingerprint density at radius 2 is 1.55 bits per heavy atom. The maximum Gasteiger partial charge on any atom is 0.172 e. The van der Waals surface area contributed by atoms with E-state index in [2.05, 4.69) is 13.2 Å². The summed E-state index contributed by atoms with van der Waals surface area (Å²) in [6.07, 6.45) is 4.53. The molecule has 11 nitrogen and oxygen atoms in total. The number of alkyl halides is 1. The van der Waals surface area contributed by atoms with Gasteiger partial charge in [-0.2, -0.15) is 0 Å². The minimum Gasteiger partial charge on any atom is -0.378 e. The van der Waals surface area contributed by atoms with Crippen molar-refractivity contribution in [2.45, 2.75) is 193 Å². The smallest absolute Gasteiger partial charge is 0.172 e. The van der Waals surface area contributed by atoms with Gasteiger partial charge in [0.1, 0.15) is 42.5 Å². The van der Waals surface area contributed by atoms with E-state index in [1.165, 1.54) is 0 Å². The molecule has 2 N–H and O–H groups in total. The van der Waals surface area contributed by atoms with Crippen LogP contribution in [0.4, 0.5) is 4.39 Å². The van der Waals surface area contributed by atoms with E-state index in [0.29, 0.717) is 25.7 Å². The van der Waals surface area contributed by atoms with Gasteiger partial charge < -0.3 is 48.4 Å². The Balaban J connectivity index is 0.986. The summed E-state index contributed by atoms with van der Waals surface area (Å²) in [4.78, 5) is 14.0. The first-order valence-electron chi connectivity index (χ1n) is 19.7. The summed E-state index contributed by atoms with van der Waals surface area (Å²) in [5.41, 5.74) is 7.83. The van der Waals surface area contributed by atoms with Crippen molar-refractivity contribution >= 4 is 5.78 Å². The van der Waals surface area contributed by atoms with Crippen LogP contribution in [0.1, 0.15) is 89.9 Å². The second kappa shape index (κ2) is 14.1. The number of carbonyl (C=O) groups excluding carboxylic acids is 1. The van der Waals surface area contributed by atoms with Crippen LogP contribution in [-0.2, 0) is 47.4 Å². The Morgan fingerprint density at radius 3 is 2.39 bits per heavy atom. The van der Waals surface area contributed by atoms with E-state index in [1.807, 2.05) is 0 Å². The average Bonchev–Trinajstić information content (AvgIpc) is 3.79. The van der Waals surface area contributed by atoms with E-state index in [4.69, 9.17) is 48.4 Å². The summed E-state index contributed by atoms with van der Waals surface area (Å²) in [6.45, 7) is 8.68. The molecular weight excluding hydrogens is 661 g/mol. The largest absolute Gasteiger partial charge is 0.378 e. The van der Waals surface area contributed by atoms with Crippen LogP contribution in [-0.4, -0.2) is 123 Å². The topological polar surface area (TPSA) is 126 Å². The number of nitrogens with two attached hydrogens (primary N) is 1. The molecule has 284 valence electrons. The van der Waals surface area contributed by atoms with Gasteiger partial charge in [-0.25, -0.2) is 4.39 Å². The standard InChI is InChI=1S/C39H56FNO10/c1-19-4-5-23-6-8-27-20(2)12-25(45-27)10-11-39-17-32-35(50-39)36-37(49-32)38(51-39)34-28(48-36)9-7-24(46-34)14-22(42)15-26-30(16-29(19)44-23)47-31(33(26)43-3)13-21(40)18-41/h21,23-38H,1-2,4-18,41H2,3H3/t21-,23?,24-,25?,26?,27?,28?,29?,30+,31?,32-,33-,34+,35?,36+,37?,38+,39+/m1/s1. The van der Waals surface area contributed by atoms with Crippen LogP contribution >= 0.6 is 0 Å². The number of Topliss-reactive ketones (excluding diaryl/α,β-unsaturated/α-hetero) is 1. The number of hydrogen-bond donors (Lipinski definition) is 1. The summed E-state index contributed by atoms with van der Waals surface area (Å²) in [7, 11) is 1.62. The highest BCUT2D eigenvalue weighted by Gasteiger charge is 2.68. The van der Waals surface area contributed by atoms with Crippen LogP contribution < -0.4 is 5.73 Å². The van der Waals surface area contributed by atoms with Gasteiger partial charge in [-0.1, -0.05) is 13.2 Å². The number of ketones is 1. The summed E-state index contributed by atoms with van der Waals surface area (Å²) in [5.74, 6) is -0.982. The third-order valence-electron chi connectivity index (χ3n) is 13.5. The van der Waals surface area contributed by atoms with Gasteiger partial charge in [-0.3, -0.25) is 4.79 Å². The van der Waals surface area contributed by atoms with Gasteiger partial charge in [-0.05, 0) is 62.5 Å². The van der Waals surface area contributed by atoms with E-state index in [0.717, 1.165) is 56.1 Å². The van der Waals surface area contributed by atoms with Crippen molar-refractivity contribution in [1.29, 1.82) is 0 Å². The number of methoxy groups -OCH3 is 1. The lowest BCUT2D eigenvalue weighted by molar-refractivity contribution is -0.292. The number of halogens is 1. The van der Waals surface area contributed by atoms with Gasteiger partial charge in [-0.15, -0.1) is 0 Å². The molecule has 0 amide bonds. The molecule has 10 heterocycles. The second-order valence-corrected chi connectivity index (χ2v) is 16.9. The zero-order valence-electron chi connectivity index (χ0n) is 29.9. The number of hydrogen-bond acceptors (Lipinski definition) is 11. The molecule has 0 aromatic rings. The van der Waals surface area contributed by atoms with Gasteiger partial charge in [0.25, 0.3) is 0 Å². The molecule has 10 aliphatic rings. The lowest BCUT2D eigenvalue weighted by Gasteiger charge is -2.47. The van der Waals surface area contributed by atoms with Crippen LogP contribution in [0, 0.1) is 5.92 Å². The zero-order valence-corrected chi connectivity index (χ0v) is 29.9. The van der Waals surface area contributed by atoms with Gasteiger partial charge in [0, 0.05) is 58.1 Å². The molecule has 0 aliphatic carbocycles. The highest BCUT2D eigenvalue weighted by atomic mass is 19.1. The van der Waals surface area contributed by atoms with E-state index in [1.54, 1.807) is 7.11 Å². The first-order valence-corrected chi connectivity index (χ1v) is 19.7. The molecule has 10 fully saturated rings. The minimum absolute atomic E-state index is 0.0186. The fourth-order valence-corrected chi connectivity index (χ4v) is 11.0. The molecule has 0 aromatic heterocycles. The highest BCUT2D eigenvalue weighted by molar-refractivity contribution is 5.79. The van der Waals surface area contributed by atoms with Gasteiger partial charge in [0.2, 0.25) is 0 Å².